The second-order valence-electron chi connectivity index (χ2n) is 10.2. The second-order valence-corrected chi connectivity index (χ2v) is 10.2. The summed E-state index contributed by atoms with van der Waals surface area (Å²) in [5.74, 6) is -1.36. The van der Waals surface area contributed by atoms with Crippen molar-refractivity contribution >= 4 is 51.8 Å². The topological polar surface area (TPSA) is 111 Å². The number of hydrogen-bond donors (Lipinski definition) is 4. The summed E-state index contributed by atoms with van der Waals surface area (Å²) in [6, 6.07) is 21.8. The highest BCUT2D eigenvalue weighted by Crippen LogP contribution is 2.45. The van der Waals surface area contributed by atoms with Gasteiger partial charge in [-0.25, -0.2) is 0 Å². The quantitative estimate of drug-likeness (QED) is 0.277. The molecule has 0 radical (unpaired) electrons. The lowest BCUT2D eigenvalue weighted by molar-refractivity contribution is -0.130. The molecule has 0 unspecified atom stereocenters. The molecule has 3 aromatic carbocycles. The molecule has 0 saturated heterocycles. The monoisotopic (exact) mass is 516 g/mol. The zero-order valence-electron chi connectivity index (χ0n) is 22.7. The van der Waals surface area contributed by atoms with Crippen molar-refractivity contribution in [3.63, 3.8) is 0 Å². The molecule has 8 heteroatoms. The van der Waals surface area contributed by atoms with Gasteiger partial charge in [0, 0.05) is 11.8 Å². The van der Waals surface area contributed by atoms with Gasteiger partial charge in [0.1, 0.15) is 5.60 Å². The third kappa shape index (κ3) is 6.77. The zero-order chi connectivity index (χ0) is 28.0. The number of nitrogens with zero attached hydrogens (tertiary/aromatic N) is 1. The number of aliphatic hydroxyl groups is 1. The number of para-hydroxylation sites is 6. The van der Waals surface area contributed by atoms with E-state index in [9.17, 15) is 19.5 Å². The number of nitrogens with one attached hydrogen (secondary N) is 3. The highest BCUT2D eigenvalue weighted by molar-refractivity contribution is 6.05. The van der Waals surface area contributed by atoms with Crippen LogP contribution in [0.5, 0.6) is 0 Å². The van der Waals surface area contributed by atoms with Crippen LogP contribution in [0.25, 0.3) is 0 Å². The van der Waals surface area contributed by atoms with Gasteiger partial charge in [0.05, 0.1) is 34.1 Å². The molecule has 3 amide bonds. The van der Waals surface area contributed by atoms with Gasteiger partial charge in [0.2, 0.25) is 11.8 Å². The molecule has 0 heterocycles. The molecule has 0 atom stereocenters. The first kappa shape index (κ1) is 28.4. The maximum atomic E-state index is 12.8. The normalized spacial score (nSPS) is 11.3. The fourth-order valence-corrected chi connectivity index (χ4v) is 3.54. The third-order valence-corrected chi connectivity index (χ3v) is 5.80. The highest BCUT2D eigenvalue weighted by atomic mass is 16.3. The van der Waals surface area contributed by atoms with Crippen LogP contribution in [-0.2, 0) is 14.4 Å². The van der Waals surface area contributed by atoms with Crippen molar-refractivity contribution in [1.29, 1.82) is 0 Å². The van der Waals surface area contributed by atoms with Gasteiger partial charge in [-0.05, 0) is 50.2 Å². The Morgan fingerprint density at radius 2 is 0.947 bits per heavy atom. The number of carbonyl (C=O) groups excluding carboxylic acids is 3. The molecule has 0 aliphatic heterocycles. The van der Waals surface area contributed by atoms with Gasteiger partial charge >= 0.3 is 0 Å². The van der Waals surface area contributed by atoms with Gasteiger partial charge < -0.3 is 26.0 Å². The van der Waals surface area contributed by atoms with Crippen LogP contribution in [0.4, 0.5) is 34.1 Å². The fraction of sp³-hybridized carbons (Fsp3) is 0.300. The molecule has 0 aliphatic carbocycles. The van der Waals surface area contributed by atoms with E-state index >= 15 is 0 Å². The zero-order valence-corrected chi connectivity index (χ0v) is 22.7. The van der Waals surface area contributed by atoms with Crippen LogP contribution < -0.4 is 20.9 Å². The molecule has 38 heavy (non-hydrogen) atoms. The van der Waals surface area contributed by atoms with Gasteiger partial charge in [0.15, 0.2) is 0 Å². The predicted molar refractivity (Wildman–Crippen MR) is 153 cm³/mol. The molecule has 0 spiro atoms. The van der Waals surface area contributed by atoms with Crippen molar-refractivity contribution in [2.75, 3.05) is 20.9 Å². The molecule has 3 rings (SSSR count). The largest absolute Gasteiger partial charge is 0.381 e. The SMILES string of the molecule is CC(C)C(=O)Nc1ccccc1N(c1ccccc1NC(=O)C(C)C)c1ccccc1NC(=O)C(C)(C)O. The molecule has 4 N–H and O–H groups in total. The van der Waals surface area contributed by atoms with Gasteiger partial charge in [-0.2, -0.15) is 0 Å². The summed E-state index contributed by atoms with van der Waals surface area (Å²) in [6.07, 6.45) is 0. The maximum Gasteiger partial charge on any atom is 0.255 e. The first-order valence-corrected chi connectivity index (χ1v) is 12.6. The maximum absolute atomic E-state index is 12.8. The van der Waals surface area contributed by atoms with E-state index in [2.05, 4.69) is 16.0 Å². The van der Waals surface area contributed by atoms with Gasteiger partial charge in [-0.3, -0.25) is 14.4 Å². The van der Waals surface area contributed by atoms with E-state index in [0.29, 0.717) is 34.1 Å². The van der Waals surface area contributed by atoms with Crippen LogP contribution in [-0.4, -0.2) is 28.4 Å². The molecular formula is C30H36N4O4. The molecule has 8 nitrogen and oxygen atoms in total. The minimum atomic E-state index is -1.61. The summed E-state index contributed by atoms with van der Waals surface area (Å²) in [5.41, 5.74) is 1.76. The van der Waals surface area contributed by atoms with E-state index in [1.165, 1.54) is 13.8 Å². The van der Waals surface area contributed by atoms with Crippen LogP contribution in [0.2, 0.25) is 0 Å². The van der Waals surface area contributed by atoms with E-state index in [1.54, 1.807) is 24.3 Å². The van der Waals surface area contributed by atoms with Crippen molar-refractivity contribution in [1.82, 2.24) is 0 Å². The average Bonchev–Trinajstić information content (AvgIpc) is 2.86. The minimum absolute atomic E-state index is 0.151. The number of rotatable bonds is 9. The lowest BCUT2D eigenvalue weighted by atomic mass is 10.1. The number of amides is 3. The number of anilines is 6. The lowest BCUT2D eigenvalue weighted by Gasteiger charge is -2.31. The van der Waals surface area contributed by atoms with Crippen LogP contribution in [0.3, 0.4) is 0 Å². The van der Waals surface area contributed by atoms with Crippen LogP contribution in [0, 0.1) is 11.8 Å². The first-order chi connectivity index (χ1) is 17.9. The number of carbonyl (C=O) groups is 3. The third-order valence-electron chi connectivity index (χ3n) is 5.80. The van der Waals surface area contributed by atoms with Crippen molar-refractivity contribution < 1.29 is 19.5 Å². The van der Waals surface area contributed by atoms with E-state index in [-0.39, 0.29) is 23.7 Å². The molecule has 0 bridgehead atoms. The van der Waals surface area contributed by atoms with Crippen molar-refractivity contribution in [3.8, 4) is 0 Å². The van der Waals surface area contributed by atoms with E-state index in [4.69, 9.17) is 0 Å². The summed E-state index contributed by atoms with van der Waals surface area (Å²) in [7, 11) is 0. The van der Waals surface area contributed by atoms with E-state index in [0.717, 1.165) is 0 Å². The highest BCUT2D eigenvalue weighted by Gasteiger charge is 2.27. The Kier molecular flexibility index (Phi) is 8.91. The molecule has 0 aliphatic rings. The van der Waals surface area contributed by atoms with Crippen molar-refractivity contribution in [2.24, 2.45) is 11.8 Å². The Bertz CT molecular complexity index is 1250. The van der Waals surface area contributed by atoms with E-state index in [1.807, 2.05) is 81.1 Å². The van der Waals surface area contributed by atoms with Gasteiger partial charge in [-0.1, -0.05) is 64.1 Å². The second kappa shape index (κ2) is 11.9. The van der Waals surface area contributed by atoms with E-state index < -0.39 is 11.5 Å². The lowest BCUT2D eigenvalue weighted by Crippen LogP contribution is -2.37. The Morgan fingerprint density at radius 3 is 1.26 bits per heavy atom. The Hall–Kier alpha value is -4.17. The van der Waals surface area contributed by atoms with Crippen LogP contribution in [0.15, 0.2) is 72.8 Å². The Balaban J connectivity index is 2.27. The van der Waals surface area contributed by atoms with Crippen molar-refractivity contribution in [3.05, 3.63) is 72.8 Å². The molecule has 3 aromatic rings. The van der Waals surface area contributed by atoms with Crippen LogP contribution in [0.1, 0.15) is 41.5 Å². The predicted octanol–water partition coefficient (Wildman–Crippen LogP) is 6.05. The van der Waals surface area contributed by atoms with Crippen molar-refractivity contribution in [2.45, 2.75) is 47.1 Å². The summed E-state index contributed by atoms with van der Waals surface area (Å²) in [6.45, 7) is 10.1. The molecule has 0 aromatic heterocycles. The summed E-state index contributed by atoms with van der Waals surface area (Å²) >= 11 is 0. The smallest absolute Gasteiger partial charge is 0.255 e. The number of benzene rings is 3. The van der Waals surface area contributed by atoms with Gasteiger partial charge in [0.25, 0.3) is 5.91 Å². The summed E-state index contributed by atoms with van der Waals surface area (Å²) in [5, 5.41) is 19.1. The standard InChI is InChI=1S/C30H36N4O4/c1-19(2)27(35)31-21-13-7-10-16-24(21)34(25-17-11-8-14-22(25)32-28(36)20(3)4)26-18-12-9-15-23(26)33-29(37)30(5,6)38/h7-20,38H,1-6H3,(H,31,35)(H,32,36)(H,33,37). The summed E-state index contributed by atoms with van der Waals surface area (Å²) in [4.78, 5) is 40.0. The molecule has 0 saturated carbocycles. The van der Waals surface area contributed by atoms with Crippen LogP contribution >= 0.6 is 0 Å². The Labute approximate surface area is 224 Å². The summed E-state index contributed by atoms with van der Waals surface area (Å²) < 4.78 is 0. The minimum Gasteiger partial charge on any atom is -0.381 e. The number of hydrogen-bond acceptors (Lipinski definition) is 5. The molecule has 200 valence electrons. The average molecular weight is 517 g/mol. The first-order valence-electron chi connectivity index (χ1n) is 12.6. The fourth-order valence-electron chi connectivity index (χ4n) is 3.54. The Morgan fingerprint density at radius 1 is 0.632 bits per heavy atom. The van der Waals surface area contributed by atoms with Gasteiger partial charge in [-0.15, -0.1) is 0 Å². The molecule has 0 fully saturated rings. The molecular weight excluding hydrogens is 480 g/mol.